The van der Waals surface area contributed by atoms with Crippen LogP contribution < -0.4 is 5.32 Å². The average Bonchev–Trinajstić information content (AvgIpc) is 2.78. The van der Waals surface area contributed by atoms with E-state index >= 15 is 0 Å². The summed E-state index contributed by atoms with van der Waals surface area (Å²) in [6, 6.07) is 6.90. The van der Waals surface area contributed by atoms with Crippen LogP contribution in [0.1, 0.15) is 11.8 Å². The van der Waals surface area contributed by atoms with E-state index in [1.807, 2.05) is 13.2 Å². The predicted octanol–water partition coefficient (Wildman–Crippen LogP) is 3.10. The van der Waals surface area contributed by atoms with Crippen molar-refractivity contribution in [1.29, 1.82) is 0 Å². The van der Waals surface area contributed by atoms with Gasteiger partial charge in [-0.25, -0.2) is 9.37 Å². The van der Waals surface area contributed by atoms with Crippen molar-refractivity contribution in [3.05, 3.63) is 41.2 Å². The first-order chi connectivity index (χ1) is 8.19. The molecule has 0 aliphatic heterocycles. The van der Waals surface area contributed by atoms with E-state index in [1.165, 1.54) is 17.0 Å². The van der Waals surface area contributed by atoms with Gasteiger partial charge in [-0.05, 0) is 44.7 Å². The van der Waals surface area contributed by atoms with Crippen LogP contribution in [0, 0.1) is 5.82 Å². The van der Waals surface area contributed by atoms with E-state index in [9.17, 15) is 4.39 Å². The summed E-state index contributed by atoms with van der Waals surface area (Å²) < 4.78 is 12.8. The Hall–Kier alpha value is -1.26. The van der Waals surface area contributed by atoms with Crippen LogP contribution >= 0.6 is 11.3 Å². The highest BCUT2D eigenvalue weighted by molar-refractivity contribution is 7.15. The highest BCUT2D eigenvalue weighted by Gasteiger charge is 2.07. The lowest BCUT2D eigenvalue weighted by molar-refractivity contribution is 0.612. The number of rotatable bonds is 4. The number of halogens is 1. The molecule has 2 aromatic rings. The van der Waals surface area contributed by atoms with Gasteiger partial charge in [-0.15, -0.1) is 11.3 Å². The molecule has 0 saturated heterocycles. The molecule has 1 heterocycles. The van der Waals surface area contributed by atoms with Crippen molar-refractivity contribution in [2.45, 2.75) is 19.4 Å². The zero-order valence-electron chi connectivity index (χ0n) is 9.90. The molecule has 1 aromatic carbocycles. The second-order valence-corrected chi connectivity index (χ2v) is 5.15. The van der Waals surface area contributed by atoms with Crippen LogP contribution in [0.2, 0.25) is 0 Å². The molecule has 1 aromatic heterocycles. The Morgan fingerprint density at radius 2 is 2.06 bits per heavy atom. The molecule has 17 heavy (non-hydrogen) atoms. The van der Waals surface area contributed by atoms with E-state index in [2.05, 4.69) is 17.2 Å². The Kier molecular flexibility index (Phi) is 3.86. The molecule has 4 heteroatoms. The van der Waals surface area contributed by atoms with E-state index < -0.39 is 0 Å². The summed E-state index contributed by atoms with van der Waals surface area (Å²) >= 11 is 1.66. The summed E-state index contributed by atoms with van der Waals surface area (Å²) in [5.41, 5.74) is 0.972. The van der Waals surface area contributed by atoms with Gasteiger partial charge in [0, 0.05) is 22.7 Å². The topological polar surface area (TPSA) is 24.9 Å². The number of benzene rings is 1. The fourth-order valence-electron chi connectivity index (χ4n) is 1.53. The molecular weight excluding hydrogens is 235 g/mol. The largest absolute Gasteiger partial charge is 0.317 e. The van der Waals surface area contributed by atoms with Gasteiger partial charge in [-0.1, -0.05) is 0 Å². The summed E-state index contributed by atoms with van der Waals surface area (Å²) in [5.74, 6) is -0.214. The SMILES string of the molecule is CNC(C)Cc1cnc(-c2ccc(F)cc2)s1. The van der Waals surface area contributed by atoms with Crippen molar-refractivity contribution >= 4 is 11.3 Å². The molecule has 90 valence electrons. The molecule has 0 radical (unpaired) electrons. The Balaban J connectivity index is 2.15. The Morgan fingerprint density at radius 3 is 2.71 bits per heavy atom. The molecule has 0 aliphatic rings. The Morgan fingerprint density at radius 1 is 1.35 bits per heavy atom. The van der Waals surface area contributed by atoms with Crippen LogP contribution in [-0.2, 0) is 6.42 Å². The van der Waals surface area contributed by atoms with Crippen LogP contribution in [0.5, 0.6) is 0 Å². The highest BCUT2D eigenvalue weighted by atomic mass is 32.1. The molecule has 0 aliphatic carbocycles. The molecular formula is C13H15FN2S. The van der Waals surface area contributed by atoms with Gasteiger partial charge in [0.05, 0.1) is 0 Å². The third kappa shape index (κ3) is 3.11. The first-order valence-electron chi connectivity index (χ1n) is 5.57. The fourth-order valence-corrected chi connectivity index (χ4v) is 2.58. The predicted molar refractivity (Wildman–Crippen MR) is 69.7 cm³/mol. The number of aromatic nitrogens is 1. The third-order valence-corrected chi connectivity index (χ3v) is 3.71. The molecule has 1 N–H and O–H groups in total. The normalized spacial score (nSPS) is 12.6. The minimum Gasteiger partial charge on any atom is -0.317 e. The maximum absolute atomic E-state index is 12.8. The molecule has 1 atom stereocenters. The smallest absolute Gasteiger partial charge is 0.123 e. The lowest BCUT2D eigenvalue weighted by atomic mass is 10.2. The zero-order valence-corrected chi connectivity index (χ0v) is 10.7. The molecule has 0 fully saturated rings. The lowest BCUT2D eigenvalue weighted by Gasteiger charge is -2.06. The first kappa shape index (κ1) is 12.2. The second kappa shape index (κ2) is 5.38. The summed E-state index contributed by atoms with van der Waals surface area (Å²) in [5, 5.41) is 4.15. The van der Waals surface area contributed by atoms with Gasteiger partial charge in [-0.3, -0.25) is 0 Å². The summed E-state index contributed by atoms with van der Waals surface area (Å²) in [6.07, 6.45) is 2.87. The third-order valence-electron chi connectivity index (χ3n) is 2.64. The van der Waals surface area contributed by atoms with Gasteiger partial charge in [0.2, 0.25) is 0 Å². The van der Waals surface area contributed by atoms with Crippen molar-refractivity contribution < 1.29 is 4.39 Å². The summed E-state index contributed by atoms with van der Waals surface area (Å²) in [6.45, 7) is 2.14. The van der Waals surface area contributed by atoms with Gasteiger partial charge in [-0.2, -0.15) is 0 Å². The van der Waals surface area contributed by atoms with Gasteiger partial charge in [0.15, 0.2) is 0 Å². The van der Waals surface area contributed by atoms with Crippen LogP contribution in [0.15, 0.2) is 30.5 Å². The number of hydrogen-bond acceptors (Lipinski definition) is 3. The van der Waals surface area contributed by atoms with Crippen molar-refractivity contribution in [3.8, 4) is 10.6 Å². The van der Waals surface area contributed by atoms with Crippen molar-refractivity contribution in [3.63, 3.8) is 0 Å². The van der Waals surface area contributed by atoms with E-state index in [0.717, 1.165) is 17.0 Å². The number of likely N-dealkylation sites (N-methyl/N-ethyl adjacent to an activating group) is 1. The summed E-state index contributed by atoms with van der Waals surface area (Å²) in [4.78, 5) is 5.61. The first-order valence-corrected chi connectivity index (χ1v) is 6.38. The minimum absolute atomic E-state index is 0.214. The monoisotopic (exact) mass is 250 g/mol. The fraction of sp³-hybridized carbons (Fsp3) is 0.308. The molecule has 0 amide bonds. The van der Waals surface area contributed by atoms with E-state index in [1.54, 1.807) is 23.5 Å². The molecule has 0 saturated carbocycles. The number of hydrogen-bond donors (Lipinski definition) is 1. The van der Waals surface area contributed by atoms with Crippen LogP contribution in [0.25, 0.3) is 10.6 Å². The Bertz CT molecular complexity index is 478. The van der Waals surface area contributed by atoms with Gasteiger partial charge >= 0.3 is 0 Å². The quantitative estimate of drug-likeness (QED) is 0.902. The zero-order chi connectivity index (χ0) is 12.3. The van der Waals surface area contributed by atoms with Gasteiger partial charge in [0.25, 0.3) is 0 Å². The van der Waals surface area contributed by atoms with Crippen LogP contribution in [0.4, 0.5) is 4.39 Å². The molecule has 2 rings (SSSR count). The number of nitrogens with one attached hydrogen (secondary N) is 1. The van der Waals surface area contributed by atoms with Gasteiger partial charge < -0.3 is 5.32 Å². The minimum atomic E-state index is -0.214. The number of nitrogens with zero attached hydrogens (tertiary/aromatic N) is 1. The highest BCUT2D eigenvalue weighted by Crippen LogP contribution is 2.25. The van der Waals surface area contributed by atoms with Crippen LogP contribution in [0.3, 0.4) is 0 Å². The molecule has 1 unspecified atom stereocenters. The molecule has 0 bridgehead atoms. The molecule has 2 nitrogen and oxygen atoms in total. The Labute approximate surface area is 105 Å². The van der Waals surface area contributed by atoms with Crippen molar-refractivity contribution in [1.82, 2.24) is 10.3 Å². The van der Waals surface area contributed by atoms with Gasteiger partial charge in [0.1, 0.15) is 10.8 Å². The lowest BCUT2D eigenvalue weighted by Crippen LogP contribution is -2.22. The maximum Gasteiger partial charge on any atom is 0.123 e. The van der Waals surface area contributed by atoms with E-state index in [4.69, 9.17) is 0 Å². The van der Waals surface area contributed by atoms with Crippen molar-refractivity contribution in [2.24, 2.45) is 0 Å². The van der Waals surface area contributed by atoms with Crippen LogP contribution in [-0.4, -0.2) is 18.1 Å². The van der Waals surface area contributed by atoms with E-state index in [-0.39, 0.29) is 5.82 Å². The average molecular weight is 250 g/mol. The summed E-state index contributed by atoms with van der Waals surface area (Å²) in [7, 11) is 1.95. The molecule has 0 spiro atoms. The van der Waals surface area contributed by atoms with Crippen molar-refractivity contribution in [2.75, 3.05) is 7.05 Å². The standard InChI is InChI=1S/C13H15FN2S/c1-9(15-2)7-12-8-16-13(17-12)10-3-5-11(14)6-4-10/h3-6,8-9,15H,7H2,1-2H3. The maximum atomic E-state index is 12.8. The second-order valence-electron chi connectivity index (χ2n) is 4.03. The van der Waals surface area contributed by atoms with E-state index in [0.29, 0.717) is 6.04 Å². The number of thiazole rings is 1.